The summed E-state index contributed by atoms with van der Waals surface area (Å²) < 4.78 is 4.66. The monoisotopic (exact) mass is 272 g/mol. The summed E-state index contributed by atoms with van der Waals surface area (Å²) in [5.41, 5.74) is 7.52. The van der Waals surface area contributed by atoms with E-state index in [9.17, 15) is 4.79 Å². The molecule has 0 aliphatic rings. The van der Waals surface area contributed by atoms with Gasteiger partial charge in [0.2, 0.25) is 0 Å². The number of nitrogens with zero attached hydrogens (tertiary/aromatic N) is 3. The molecular formula is C14H16N4O2. The van der Waals surface area contributed by atoms with Gasteiger partial charge >= 0.3 is 5.97 Å². The second-order valence-corrected chi connectivity index (χ2v) is 4.28. The van der Waals surface area contributed by atoms with Gasteiger partial charge in [0.25, 0.3) is 0 Å². The van der Waals surface area contributed by atoms with Crippen LogP contribution in [0.1, 0.15) is 16.2 Å². The van der Waals surface area contributed by atoms with Gasteiger partial charge in [-0.2, -0.15) is 0 Å². The van der Waals surface area contributed by atoms with E-state index in [4.69, 9.17) is 5.73 Å². The molecule has 2 rings (SSSR count). The zero-order valence-corrected chi connectivity index (χ0v) is 11.4. The maximum atomic E-state index is 11.5. The zero-order valence-electron chi connectivity index (χ0n) is 11.4. The van der Waals surface area contributed by atoms with E-state index in [0.717, 1.165) is 5.69 Å². The fraction of sp³-hybridized carbons (Fsp3) is 0.214. The van der Waals surface area contributed by atoms with Gasteiger partial charge in [-0.15, -0.1) is 0 Å². The molecule has 0 unspecified atom stereocenters. The van der Waals surface area contributed by atoms with Crippen LogP contribution in [0, 0.1) is 0 Å². The Morgan fingerprint density at radius 1 is 1.35 bits per heavy atom. The van der Waals surface area contributed by atoms with E-state index in [1.807, 2.05) is 30.1 Å². The summed E-state index contributed by atoms with van der Waals surface area (Å²) in [6.07, 6.45) is 1.73. The van der Waals surface area contributed by atoms with Gasteiger partial charge in [0.1, 0.15) is 0 Å². The summed E-state index contributed by atoms with van der Waals surface area (Å²) >= 11 is 0. The van der Waals surface area contributed by atoms with Crippen LogP contribution in [0.5, 0.6) is 0 Å². The lowest BCUT2D eigenvalue weighted by atomic mass is 10.3. The highest BCUT2D eigenvalue weighted by Crippen LogP contribution is 2.21. The standard InChI is InChI=1S/C14H16N4O2/c1-18(9-10-5-3-4-8-16-10)13-11(15)6-7-12(17-13)14(19)20-2/h3-8H,9,15H2,1-2H3. The summed E-state index contributed by atoms with van der Waals surface area (Å²) in [6.45, 7) is 0.544. The van der Waals surface area contributed by atoms with Crippen LogP contribution in [0.25, 0.3) is 0 Å². The third-order valence-electron chi connectivity index (χ3n) is 2.79. The number of rotatable bonds is 4. The van der Waals surface area contributed by atoms with Crippen LogP contribution in [0.15, 0.2) is 36.5 Å². The number of ether oxygens (including phenoxy) is 1. The summed E-state index contributed by atoms with van der Waals surface area (Å²) in [5.74, 6) is 0.0380. The van der Waals surface area contributed by atoms with Crippen LogP contribution in [-0.2, 0) is 11.3 Å². The van der Waals surface area contributed by atoms with Gasteiger partial charge in [-0.1, -0.05) is 6.07 Å². The average molecular weight is 272 g/mol. The molecule has 0 amide bonds. The molecule has 0 aliphatic heterocycles. The van der Waals surface area contributed by atoms with Gasteiger partial charge < -0.3 is 15.4 Å². The molecule has 6 heteroatoms. The van der Waals surface area contributed by atoms with E-state index >= 15 is 0 Å². The number of nitrogen functional groups attached to an aromatic ring is 1. The lowest BCUT2D eigenvalue weighted by molar-refractivity contribution is 0.0594. The molecule has 0 fully saturated rings. The first-order valence-electron chi connectivity index (χ1n) is 6.07. The molecule has 0 aromatic carbocycles. The second-order valence-electron chi connectivity index (χ2n) is 4.28. The molecule has 0 saturated carbocycles. The van der Waals surface area contributed by atoms with Crippen molar-refractivity contribution in [1.29, 1.82) is 0 Å². The van der Waals surface area contributed by atoms with Gasteiger partial charge in [-0.25, -0.2) is 9.78 Å². The maximum absolute atomic E-state index is 11.5. The lowest BCUT2D eigenvalue weighted by Crippen LogP contribution is -2.21. The minimum absolute atomic E-state index is 0.226. The highest BCUT2D eigenvalue weighted by molar-refractivity contribution is 5.88. The largest absolute Gasteiger partial charge is 0.464 e. The summed E-state index contributed by atoms with van der Waals surface area (Å²) in [7, 11) is 3.16. The maximum Gasteiger partial charge on any atom is 0.356 e. The third kappa shape index (κ3) is 3.03. The van der Waals surface area contributed by atoms with E-state index in [1.54, 1.807) is 18.3 Å². The van der Waals surface area contributed by atoms with Crippen molar-refractivity contribution in [2.45, 2.75) is 6.54 Å². The third-order valence-corrected chi connectivity index (χ3v) is 2.79. The molecule has 0 atom stereocenters. The van der Waals surface area contributed by atoms with Crippen LogP contribution < -0.4 is 10.6 Å². The minimum Gasteiger partial charge on any atom is -0.464 e. The number of hydrogen-bond donors (Lipinski definition) is 1. The Morgan fingerprint density at radius 2 is 2.15 bits per heavy atom. The van der Waals surface area contributed by atoms with Gasteiger partial charge in [-0.05, 0) is 24.3 Å². The molecule has 2 N–H and O–H groups in total. The minimum atomic E-state index is -0.488. The number of pyridine rings is 2. The van der Waals surface area contributed by atoms with E-state index < -0.39 is 5.97 Å². The Bertz CT molecular complexity index is 601. The van der Waals surface area contributed by atoms with Gasteiger partial charge in [0.05, 0.1) is 25.0 Å². The number of methoxy groups -OCH3 is 1. The predicted octanol–water partition coefficient (Wildman–Crippen LogP) is 1.48. The van der Waals surface area contributed by atoms with Crippen LogP contribution in [-0.4, -0.2) is 30.1 Å². The fourth-order valence-electron chi connectivity index (χ4n) is 1.79. The Hall–Kier alpha value is -2.63. The molecule has 2 aromatic heterocycles. The number of nitrogens with two attached hydrogens (primary N) is 1. The summed E-state index contributed by atoms with van der Waals surface area (Å²) in [4.78, 5) is 21.8. The number of anilines is 2. The fourth-order valence-corrected chi connectivity index (χ4v) is 1.79. The normalized spacial score (nSPS) is 10.1. The molecule has 20 heavy (non-hydrogen) atoms. The highest BCUT2D eigenvalue weighted by atomic mass is 16.5. The first kappa shape index (κ1) is 13.8. The number of esters is 1. The molecule has 0 saturated heterocycles. The Morgan fingerprint density at radius 3 is 2.80 bits per heavy atom. The Labute approximate surface area is 117 Å². The van der Waals surface area contributed by atoms with Crippen molar-refractivity contribution in [3.63, 3.8) is 0 Å². The quantitative estimate of drug-likeness (QED) is 0.849. The second kappa shape index (κ2) is 6.01. The number of hydrogen-bond acceptors (Lipinski definition) is 6. The molecule has 2 heterocycles. The zero-order chi connectivity index (χ0) is 14.5. The van der Waals surface area contributed by atoms with Crippen molar-refractivity contribution < 1.29 is 9.53 Å². The molecule has 6 nitrogen and oxygen atoms in total. The molecular weight excluding hydrogens is 256 g/mol. The average Bonchev–Trinajstić information content (AvgIpc) is 2.48. The van der Waals surface area contributed by atoms with Crippen molar-refractivity contribution in [2.75, 3.05) is 24.8 Å². The molecule has 0 aliphatic carbocycles. The Kier molecular flexibility index (Phi) is 4.14. The number of carbonyl (C=O) groups excluding carboxylic acids is 1. The van der Waals surface area contributed by atoms with Gasteiger partial charge in [-0.3, -0.25) is 4.98 Å². The molecule has 104 valence electrons. The smallest absolute Gasteiger partial charge is 0.356 e. The van der Waals surface area contributed by atoms with Crippen molar-refractivity contribution in [2.24, 2.45) is 0 Å². The van der Waals surface area contributed by atoms with Crippen LogP contribution in [0.4, 0.5) is 11.5 Å². The SMILES string of the molecule is COC(=O)c1ccc(N)c(N(C)Cc2ccccn2)n1. The van der Waals surface area contributed by atoms with E-state index in [2.05, 4.69) is 14.7 Å². The van der Waals surface area contributed by atoms with Crippen molar-refractivity contribution in [3.8, 4) is 0 Å². The first-order chi connectivity index (χ1) is 9.61. The summed E-state index contributed by atoms with van der Waals surface area (Å²) in [6, 6.07) is 8.87. The summed E-state index contributed by atoms with van der Waals surface area (Å²) in [5, 5.41) is 0. The van der Waals surface area contributed by atoms with Crippen molar-refractivity contribution in [3.05, 3.63) is 47.9 Å². The van der Waals surface area contributed by atoms with E-state index in [0.29, 0.717) is 18.1 Å². The molecule has 0 spiro atoms. The van der Waals surface area contributed by atoms with Crippen LogP contribution in [0.3, 0.4) is 0 Å². The highest BCUT2D eigenvalue weighted by Gasteiger charge is 2.13. The van der Waals surface area contributed by atoms with E-state index in [1.165, 1.54) is 7.11 Å². The van der Waals surface area contributed by atoms with Crippen LogP contribution in [0.2, 0.25) is 0 Å². The number of aromatic nitrogens is 2. The molecule has 2 aromatic rings. The molecule has 0 bridgehead atoms. The predicted molar refractivity (Wildman–Crippen MR) is 76.3 cm³/mol. The topological polar surface area (TPSA) is 81.3 Å². The number of carbonyl (C=O) groups is 1. The van der Waals surface area contributed by atoms with Crippen molar-refractivity contribution >= 4 is 17.5 Å². The lowest BCUT2D eigenvalue weighted by Gasteiger charge is -2.19. The Balaban J connectivity index is 2.25. The first-order valence-corrected chi connectivity index (χ1v) is 6.07. The molecule has 0 radical (unpaired) electrons. The van der Waals surface area contributed by atoms with Crippen molar-refractivity contribution in [1.82, 2.24) is 9.97 Å². The van der Waals surface area contributed by atoms with Crippen LogP contribution >= 0.6 is 0 Å². The van der Waals surface area contributed by atoms with Gasteiger partial charge in [0, 0.05) is 13.2 Å². The van der Waals surface area contributed by atoms with Gasteiger partial charge in [0.15, 0.2) is 11.5 Å². The van der Waals surface area contributed by atoms with E-state index in [-0.39, 0.29) is 5.69 Å².